The van der Waals surface area contributed by atoms with Gasteiger partial charge in [0, 0.05) is 19.5 Å². The van der Waals surface area contributed by atoms with Gasteiger partial charge in [-0.05, 0) is 74.7 Å². The standard InChI is InChI=1S/C26H25F9N2O3/c1-13(2)40-23(39)37-14(3)7-22(20-11-17(24(27,28)29)5-6-21(20)37)36(15(4)38)12-16-8-18(25(30,31)32)10-19(9-16)26(33,34)35/h5-6,8-11,13-14,22H,7,12H2,1-4H3/t14-,22-/m0/s1. The molecule has 0 bridgehead atoms. The highest BCUT2D eigenvalue weighted by atomic mass is 19.4. The van der Waals surface area contributed by atoms with Crippen molar-refractivity contribution in [3.8, 4) is 0 Å². The van der Waals surface area contributed by atoms with E-state index in [1.165, 1.54) is 6.92 Å². The number of alkyl halides is 9. The first-order chi connectivity index (χ1) is 18.2. The molecular weight excluding hydrogens is 559 g/mol. The van der Waals surface area contributed by atoms with Crippen molar-refractivity contribution in [1.82, 2.24) is 4.90 Å². The molecule has 0 unspecified atom stereocenters. The number of benzene rings is 2. The number of ether oxygens (including phenoxy) is 1. The van der Waals surface area contributed by atoms with Crippen LogP contribution in [-0.4, -0.2) is 29.0 Å². The number of carbonyl (C=O) groups excluding carboxylic acids is 2. The second-order valence-corrected chi connectivity index (χ2v) is 9.74. The van der Waals surface area contributed by atoms with E-state index in [-0.39, 0.29) is 23.7 Å². The largest absolute Gasteiger partial charge is 0.446 e. The zero-order valence-electron chi connectivity index (χ0n) is 21.6. The molecule has 0 spiro atoms. The first-order valence-electron chi connectivity index (χ1n) is 12.0. The van der Waals surface area contributed by atoms with Gasteiger partial charge in [-0.1, -0.05) is 0 Å². The van der Waals surface area contributed by atoms with E-state index in [1.807, 2.05) is 0 Å². The van der Waals surface area contributed by atoms with Gasteiger partial charge >= 0.3 is 24.6 Å². The van der Waals surface area contributed by atoms with Crippen LogP contribution in [0.4, 0.5) is 50.0 Å². The van der Waals surface area contributed by atoms with E-state index in [9.17, 15) is 49.1 Å². The molecule has 5 nitrogen and oxygen atoms in total. The molecule has 1 aliphatic heterocycles. The molecule has 14 heteroatoms. The lowest BCUT2D eigenvalue weighted by atomic mass is 9.89. The maximum absolute atomic E-state index is 13.6. The van der Waals surface area contributed by atoms with Crippen LogP contribution >= 0.6 is 0 Å². The Morgan fingerprint density at radius 3 is 1.88 bits per heavy atom. The fraction of sp³-hybridized carbons (Fsp3) is 0.462. The van der Waals surface area contributed by atoms with Crippen molar-refractivity contribution in [2.24, 2.45) is 0 Å². The molecule has 0 fully saturated rings. The van der Waals surface area contributed by atoms with Crippen LogP contribution in [0.15, 0.2) is 36.4 Å². The average Bonchev–Trinajstić information content (AvgIpc) is 2.79. The number of nitrogens with zero attached hydrogens (tertiary/aromatic N) is 2. The Labute approximate surface area is 223 Å². The molecule has 1 heterocycles. The summed E-state index contributed by atoms with van der Waals surface area (Å²) < 4.78 is 126. The molecule has 0 saturated heterocycles. The number of halogens is 9. The number of anilines is 1. The van der Waals surface area contributed by atoms with Crippen LogP contribution in [0, 0.1) is 0 Å². The van der Waals surface area contributed by atoms with E-state index >= 15 is 0 Å². The lowest BCUT2D eigenvalue weighted by Crippen LogP contribution is -2.48. The summed E-state index contributed by atoms with van der Waals surface area (Å²) in [5.74, 6) is -0.815. The van der Waals surface area contributed by atoms with Gasteiger partial charge in [-0.2, -0.15) is 39.5 Å². The van der Waals surface area contributed by atoms with Crippen LogP contribution in [0.3, 0.4) is 0 Å². The van der Waals surface area contributed by atoms with E-state index < -0.39 is 77.5 Å². The van der Waals surface area contributed by atoms with E-state index in [0.29, 0.717) is 18.2 Å². The predicted octanol–water partition coefficient (Wildman–Crippen LogP) is 7.98. The Morgan fingerprint density at radius 1 is 0.900 bits per heavy atom. The maximum Gasteiger partial charge on any atom is 0.416 e. The summed E-state index contributed by atoms with van der Waals surface area (Å²) in [6.07, 6.45) is -16.7. The van der Waals surface area contributed by atoms with E-state index in [1.54, 1.807) is 13.8 Å². The summed E-state index contributed by atoms with van der Waals surface area (Å²) in [6.45, 7) is 4.87. The fourth-order valence-corrected chi connectivity index (χ4v) is 4.59. The Kier molecular flexibility index (Phi) is 8.43. The molecule has 2 amide bonds. The lowest BCUT2D eigenvalue weighted by molar-refractivity contribution is -0.143. The number of fused-ring (bicyclic) bond motifs is 1. The summed E-state index contributed by atoms with van der Waals surface area (Å²) in [4.78, 5) is 27.5. The summed E-state index contributed by atoms with van der Waals surface area (Å²) in [5, 5.41) is 0. The molecule has 1 aliphatic rings. The van der Waals surface area contributed by atoms with Gasteiger partial charge in [-0.3, -0.25) is 9.69 Å². The van der Waals surface area contributed by atoms with Crippen LogP contribution in [0.2, 0.25) is 0 Å². The van der Waals surface area contributed by atoms with E-state index in [0.717, 1.165) is 28.9 Å². The first-order valence-corrected chi connectivity index (χ1v) is 12.0. The topological polar surface area (TPSA) is 49.9 Å². The van der Waals surface area contributed by atoms with Crippen molar-refractivity contribution in [3.63, 3.8) is 0 Å². The maximum atomic E-state index is 13.6. The summed E-state index contributed by atoms with van der Waals surface area (Å²) in [6, 6.07) is 1.31. The second kappa shape index (κ2) is 10.8. The molecule has 40 heavy (non-hydrogen) atoms. The minimum atomic E-state index is -5.14. The van der Waals surface area contributed by atoms with Crippen molar-refractivity contribution >= 4 is 17.7 Å². The Hall–Kier alpha value is -3.45. The van der Waals surface area contributed by atoms with Gasteiger partial charge in [0.25, 0.3) is 0 Å². The van der Waals surface area contributed by atoms with E-state index in [4.69, 9.17) is 4.74 Å². The molecule has 0 aliphatic carbocycles. The third-order valence-corrected chi connectivity index (χ3v) is 6.29. The Morgan fingerprint density at radius 2 is 1.43 bits per heavy atom. The first kappa shape index (κ1) is 31.1. The molecule has 2 aromatic carbocycles. The average molecular weight is 584 g/mol. The number of hydrogen-bond acceptors (Lipinski definition) is 3. The zero-order chi connectivity index (χ0) is 30.4. The molecule has 2 aromatic rings. The zero-order valence-corrected chi connectivity index (χ0v) is 21.6. The van der Waals surface area contributed by atoms with Gasteiger partial charge in [0.15, 0.2) is 0 Å². The van der Waals surface area contributed by atoms with Crippen LogP contribution in [0.1, 0.15) is 68.0 Å². The van der Waals surface area contributed by atoms with E-state index in [2.05, 4.69) is 0 Å². The Bertz CT molecular complexity index is 1240. The number of carbonyl (C=O) groups is 2. The number of rotatable bonds is 4. The number of amides is 2. The Balaban J connectivity index is 2.17. The molecule has 0 N–H and O–H groups in total. The molecule has 3 rings (SSSR count). The quantitative estimate of drug-likeness (QED) is 0.343. The highest BCUT2D eigenvalue weighted by Crippen LogP contribution is 2.45. The van der Waals surface area contributed by atoms with Gasteiger partial charge < -0.3 is 9.64 Å². The second-order valence-electron chi connectivity index (χ2n) is 9.74. The van der Waals surface area contributed by atoms with Gasteiger partial charge in [0.05, 0.1) is 34.5 Å². The van der Waals surface area contributed by atoms with Crippen molar-refractivity contribution in [2.75, 3.05) is 4.90 Å². The van der Waals surface area contributed by atoms with Crippen molar-refractivity contribution in [3.05, 3.63) is 64.2 Å². The molecule has 0 aromatic heterocycles. The monoisotopic (exact) mass is 584 g/mol. The van der Waals surface area contributed by atoms with Crippen LogP contribution in [0.5, 0.6) is 0 Å². The van der Waals surface area contributed by atoms with Gasteiger partial charge in [-0.15, -0.1) is 0 Å². The highest BCUT2D eigenvalue weighted by molar-refractivity contribution is 5.90. The fourth-order valence-electron chi connectivity index (χ4n) is 4.59. The predicted molar refractivity (Wildman–Crippen MR) is 125 cm³/mol. The van der Waals surface area contributed by atoms with Gasteiger partial charge in [-0.25, -0.2) is 4.79 Å². The molecule has 0 radical (unpaired) electrons. The SMILES string of the molecule is CC(=O)N(Cc1cc(C(F)(F)F)cc(C(F)(F)F)c1)[C@H]1C[C@H](C)N(C(=O)OC(C)C)c2ccc(C(F)(F)F)cc21. The third kappa shape index (κ3) is 6.81. The number of hydrogen-bond donors (Lipinski definition) is 0. The van der Waals surface area contributed by atoms with Crippen molar-refractivity contribution in [2.45, 2.75) is 77.4 Å². The molecule has 0 saturated carbocycles. The summed E-state index contributed by atoms with van der Waals surface area (Å²) >= 11 is 0. The van der Waals surface area contributed by atoms with Crippen LogP contribution in [-0.2, 0) is 34.6 Å². The smallest absolute Gasteiger partial charge is 0.416 e. The van der Waals surface area contributed by atoms with Crippen LogP contribution in [0.25, 0.3) is 0 Å². The highest BCUT2D eigenvalue weighted by Gasteiger charge is 2.42. The van der Waals surface area contributed by atoms with Crippen LogP contribution < -0.4 is 4.90 Å². The van der Waals surface area contributed by atoms with Gasteiger partial charge in [0.1, 0.15) is 0 Å². The molecular formula is C26H25F9N2O3. The summed E-state index contributed by atoms with van der Waals surface area (Å²) in [5.41, 5.74) is -5.04. The van der Waals surface area contributed by atoms with Gasteiger partial charge in [0.2, 0.25) is 5.91 Å². The minimum Gasteiger partial charge on any atom is -0.446 e. The van der Waals surface area contributed by atoms with Crippen molar-refractivity contribution < 1.29 is 53.8 Å². The normalized spacial score (nSPS) is 18.0. The molecule has 2 atom stereocenters. The summed E-state index contributed by atoms with van der Waals surface area (Å²) in [7, 11) is 0. The lowest BCUT2D eigenvalue weighted by Gasteiger charge is -2.43. The molecule has 220 valence electrons. The minimum absolute atomic E-state index is 0.0336. The third-order valence-electron chi connectivity index (χ3n) is 6.29. The van der Waals surface area contributed by atoms with Crippen molar-refractivity contribution in [1.29, 1.82) is 0 Å².